The molecule has 26 heavy (non-hydrogen) atoms. The molecule has 0 aliphatic heterocycles. The number of methoxy groups -OCH3 is 2. The van der Waals surface area contributed by atoms with E-state index in [4.69, 9.17) is 13.9 Å². The molecular weight excluding hydrogens is 336 g/mol. The molecular formula is C19H18N2O5. The molecule has 1 heterocycles. The summed E-state index contributed by atoms with van der Waals surface area (Å²) in [6.07, 6.45) is -0.446. The van der Waals surface area contributed by atoms with E-state index in [0.29, 0.717) is 23.1 Å². The number of esters is 1. The predicted octanol–water partition coefficient (Wildman–Crippen LogP) is 3.67. The van der Waals surface area contributed by atoms with E-state index < -0.39 is 12.1 Å². The minimum Gasteiger partial charge on any atom is -0.497 e. The maximum absolute atomic E-state index is 11.4. The number of nitrogens with zero attached hydrogens (tertiary/aromatic N) is 2. The van der Waals surface area contributed by atoms with E-state index in [1.165, 1.54) is 7.11 Å². The van der Waals surface area contributed by atoms with Gasteiger partial charge in [0.1, 0.15) is 11.5 Å². The molecule has 7 nitrogen and oxygen atoms in total. The summed E-state index contributed by atoms with van der Waals surface area (Å²) >= 11 is 0. The Morgan fingerprint density at radius 3 is 2.23 bits per heavy atom. The van der Waals surface area contributed by atoms with Gasteiger partial charge in [-0.3, -0.25) is 0 Å². The van der Waals surface area contributed by atoms with E-state index >= 15 is 0 Å². The Morgan fingerprint density at radius 1 is 0.962 bits per heavy atom. The summed E-state index contributed by atoms with van der Waals surface area (Å²) in [5.74, 6) is 1.69. The molecule has 0 unspecified atom stereocenters. The first-order valence-corrected chi connectivity index (χ1v) is 7.93. The van der Waals surface area contributed by atoms with Crippen LogP contribution in [0.3, 0.4) is 0 Å². The highest BCUT2D eigenvalue weighted by Gasteiger charge is 2.17. The minimum absolute atomic E-state index is 0.355. The van der Waals surface area contributed by atoms with Gasteiger partial charge in [0.15, 0.2) is 6.10 Å². The Kier molecular flexibility index (Phi) is 5.17. The van der Waals surface area contributed by atoms with Crippen molar-refractivity contribution in [3.8, 4) is 23.0 Å². The molecule has 134 valence electrons. The predicted molar refractivity (Wildman–Crippen MR) is 93.1 cm³/mol. The van der Waals surface area contributed by atoms with Crippen LogP contribution in [0.2, 0.25) is 0 Å². The third kappa shape index (κ3) is 3.83. The van der Waals surface area contributed by atoms with Crippen LogP contribution in [0, 0.1) is 0 Å². The van der Waals surface area contributed by atoms with Crippen LogP contribution < -0.4 is 9.47 Å². The molecule has 0 aliphatic rings. The molecule has 3 rings (SSSR count). The average Bonchev–Trinajstić information content (AvgIpc) is 3.18. The lowest BCUT2D eigenvalue weighted by Crippen LogP contribution is -2.04. The molecule has 0 spiro atoms. The van der Waals surface area contributed by atoms with Crippen molar-refractivity contribution >= 4 is 5.97 Å². The quantitative estimate of drug-likeness (QED) is 0.624. The van der Waals surface area contributed by atoms with Gasteiger partial charge in [0.2, 0.25) is 5.89 Å². The molecule has 1 atom stereocenters. The zero-order chi connectivity index (χ0) is 18.5. The highest BCUT2D eigenvalue weighted by Crippen LogP contribution is 2.25. The fourth-order valence-corrected chi connectivity index (χ4v) is 2.29. The molecule has 0 fully saturated rings. The van der Waals surface area contributed by atoms with E-state index in [9.17, 15) is 4.79 Å². The lowest BCUT2D eigenvalue weighted by Gasteiger charge is -2.11. The van der Waals surface area contributed by atoms with Crippen LogP contribution in [-0.4, -0.2) is 30.4 Å². The lowest BCUT2D eigenvalue weighted by molar-refractivity contribution is 0.0600. The van der Waals surface area contributed by atoms with Gasteiger partial charge in [-0.05, 0) is 55.5 Å². The van der Waals surface area contributed by atoms with Crippen LogP contribution in [0.5, 0.6) is 11.5 Å². The minimum atomic E-state index is -0.446. The summed E-state index contributed by atoms with van der Waals surface area (Å²) in [6.45, 7) is 1.81. The SMILES string of the molecule is COC(=O)c1ccc(O[C@H](C)c2nnc(-c3ccc(OC)cc3)o2)cc1. The molecule has 3 aromatic rings. The van der Waals surface area contributed by atoms with E-state index in [1.807, 2.05) is 24.3 Å². The van der Waals surface area contributed by atoms with Crippen LogP contribution in [0.15, 0.2) is 52.9 Å². The molecule has 2 aromatic carbocycles. The number of hydrogen-bond acceptors (Lipinski definition) is 7. The van der Waals surface area contributed by atoms with E-state index in [1.54, 1.807) is 38.3 Å². The van der Waals surface area contributed by atoms with Crippen LogP contribution in [-0.2, 0) is 4.74 Å². The number of ether oxygens (including phenoxy) is 3. The topological polar surface area (TPSA) is 83.7 Å². The highest BCUT2D eigenvalue weighted by molar-refractivity contribution is 5.89. The largest absolute Gasteiger partial charge is 0.497 e. The number of benzene rings is 2. The normalized spacial score (nSPS) is 11.7. The van der Waals surface area contributed by atoms with Crippen molar-refractivity contribution in [3.63, 3.8) is 0 Å². The van der Waals surface area contributed by atoms with Gasteiger partial charge in [0.25, 0.3) is 5.89 Å². The number of hydrogen-bond donors (Lipinski definition) is 0. The van der Waals surface area contributed by atoms with E-state index in [-0.39, 0.29) is 0 Å². The zero-order valence-corrected chi connectivity index (χ0v) is 14.6. The van der Waals surface area contributed by atoms with Gasteiger partial charge in [-0.15, -0.1) is 10.2 Å². The molecule has 7 heteroatoms. The fraction of sp³-hybridized carbons (Fsp3) is 0.211. The Morgan fingerprint density at radius 2 is 1.62 bits per heavy atom. The van der Waals surface area contributed by atoms with Crippen molar-refractivity contribution in [2.24, 2.45) is 0 Å². The Balaban J connectivity index is 1.69. The smallest absolute Gasteiger partial charge is 0.337 e. The van der Waals surface area contributed by atoms with Crippen molar-refractivity contribution in [1.82, 2.24) is 10.2 Å². The summed E-state index contributed by atoms with van der Waals surface area (Å²) in [5.41, 5.74) is 1.24. The Bertz CT molecular complexity index is 872. The van der Waals surface area contributed by atoms with Crippen LogP contribution in [0.1, 0.15) is 29.3 Å². The first kappa shape index (κ1) is 17.5. The van der Waals surface area contributed by atoms with Crippen LogP contribution >= 0.6 is 0 Å². The summed E-state index contributed by atoms with van der Waals surface area (Å²) in [4.78, 5) is 11.4. The monoisotopic (exact) mass is 354 g/mol. The Labute approximate surface area is 150 Å². The highest BCUT2D eigenvalue weighted by atomic mass is 16.5. The summed E-state index contributed by atoms with van der Waals surface area (Å²) in [5, 5.41) is 8.10. The molecule has 0 radical (unpaired) electrons. The maximum atomic E-state index is 11.4. The first-order chi connectivity index (χ1) is 12.6. The third-order valence-corrected chi connectivity index (χ3v) is 3.71. The Hall–Kier alpha value is -3.35. The third-order valence-electron chi connectivity index (χ3n) is 3.71. The first-order valence-electron chi connectivity index (χ1n) is 7.93. The zero-order valence-electron chi connectivity index (χ0n) is 14.6. The molecule has 1 aromatic heterocycles. The molecule has 0 saturated carbocycles. The van der Waals surface area contributed by atoms with Crippen molar-refractivity contribution < 1.29 is 23.4 Å². The summed E-state index contributed by atoms with van der Waals surface area (Å²) < 4.78 is 21.3. The summed E-state index contributed by atoms with van der Waals surface area (Å²) in [6, 6.07) is 14.0. The van der Waals surface area contributed by atoms with Crippen molar-refractivity contribution in [3.05, 3.63) is 60.0 Å². The van der Waals surface area contributed by atoms with Crippen molar-refractivity contribution in [2.75, 3.05) is 14.2 Å². The summed E-state index contributed by atoms with van der Waals surface area (Å²) in [7, 11) is 2.95. The second kappa shape index (κ2) is 7.69. The number of carbonyl (C=O) groups excluding carboxylic acids is 1. The van der Waals surface area contributed by atoms with Gasteiger partial charge in [-0.25, -0.2) is 4.79 Å². The molecule has 0 saturated heterocycles. The molecule has 0 bridgehead atoms. The van der Waals surface area contributed by atoms with Gasteiger partial charge >= 0.3 is 5.97 Å². The molecule has 0 amide bonds. The van der Waals surface area contributed by atoms with Crippen LogP contribution in [0.4, 0.5) is 0 Å². The average molecular weight is 354 g/mol. The van der Waals surface area contributed by atoms with Crippen molar-refractivity contribution in [2.45, 2.75) is 13.0 Å². The number of carbonyl (C=O) groups is 1. The van der Waals surface area contributed by atoms with Gasteiger partial charge in [-0.2, -0.15) is 0 Å². The second-order valence-electron chi connectivity index (χ2n) is 5.45. The lowest BCUT2D eigenvalue weighted by atomic mass is 10.2. The second-order valence-corrected chi connectivity index (χ2v) is 5.45. The van der Waals surface area contributed by atoms with E-state index in [2.05, 4.69) is 14.9 Å². The van der Waals surface area contributed by atoms with E-state index in [0.717, 1.165) is 11.3 Å². The van der Waals surface area contributed by atoms with Gasteiger partial charge in [0.05, 0.1) is 19.8 Å². The van der Waals surface area contributed by atoms with Crippen molar-refractivity contribution in [1.29, 1.82) is 0 Å². The van der Waals surface area contributed by atoms with Gasteiger partial charge in [0, 0.05) is 5.56 Å². The fourth-order valence-electron chi connectivity index (χ4n) is 2.29. The van der Waals surface area contributed by atoms with Crippen LogP contribution in [0.25, 0.3) is 11.5 Å². The van der Waals surface area contributed by atoms with Gasteiger partial charge in [-0.1, -0.05) is 0 Å². The standard InChI is InChI=1S/C19H18N2O5/c1-12(25-16-10-6-14(7-11-16)19(22)24-3)17-20-21-18(26-17)13-4-8-15(23-2)9-5-13/h4-12H,1-3H3/t12-/m1/s1. The number of rotatable bonds is 6. The molecule has 0 aliphatic carbocycles. The molecule has 0 N–H and O–H groups in total. The van der Waals surface area contributed by atoms with Gasteiger partial charge < -0.3 is 18.6 Å². The maximum Gasteiger partial charge on any atom is 0.337 e. The number of aromatic nitrogens is 2.